The van der Waals surface area contributed by atoms with Crippen LogP contribution in [0, 0.1) is 6.92 Å². The second-order valence-corrected chi connectivity index (χ2v) is 7.65. The molecule has 0 spiro atoms. The van der Waals surface area contributed by atoms with Crippen molar-refractivity contribution in [3.05, 3.63) is 63.6 Å². The van der Waals surface area contributed by atoms with Crippen molar-refractivity contribution < 1.29 is 14.4 Å². The number of rotatable bonds is 9. The lowest BCUT2D eigenvalue weighted by molar-refractivity contribution is -0.134. The van der Waals surface area contributed by atoms with Gasteiger partial charge in [-0.15, -0.1) is 0 Å². The highest BCUT2D eigenvalue weighted by Crippen LogP contribution is 2.25. The summed E-state index contributed by atoms with van der Waals surface area (Å²) in [5, 5.41) is 6.24. The molecule has 0 atom stereocenters. The predicted octanol–water partition coefficient (Wildman–Crippen LogP) is 4.30. The summed E-state index contributed by atoms with van der Waals surface area (Å²) in [4.78, 5) is 38.7. The zero-order valence-electron chi connectivity index (χ0n) is 17.0. The van der Waals surface area contributed by atoms with Gasteiger partial charge in [-0.2, -0.15) is 0 Å². The number of amides is 3. The van der Waals surface area contributed by atoms with Crippen LogP contribution in [0.5, 0.6) is 0 Å². The minimum absolute atomic E-state index is 0.0998. The molecule has 2 aromatic rings. The number of aryl methyl sites for hydroxylation is 1. The number of anilines is 1. The first-order chi connectivity index (χ1) is 14.3. The fourth-order valence-corrected chi connectivity index (χ4v) is 3.34. The van der Waals surface area contributed by atoms with Gasteiger partial charge in [-0.3, -0.25) is 14.4 Å². The first-order valence-electron chi connectivity index (χ1n) is 9.68. The fourth-order valence-electron chi connectivity index (χ4n) is 2.88. The van der Waals surface area contributed by atoms with E-state index >= 15 is 0 Å². The normalized spacial score (nSPS) is 10.4. The number of hydrogen-bond acceptors (Lipinski definition) is 3. The molecular weight excluding hydrogens is 425 g/mol. The van der Waals surface area contributed by atoms with Crippen LogP contribution in [-0.4, -0.2) is 42.3 Å². The summed E-state index contributed by atoms with van der Waals surface area (Å²) in [6.45, 7) is 4.31. The summed E-state index contributed by atoms with van der Waals surface area (Å²) >= 11 is 11.9. The second kappa shape index (κ2) is 11.6. The van der Waals surface area contributed by atoms with Crippen LogP contribution in [0.3, 0.4) is 0 Å². The predicted molar refractivity (Wildman–Crippen MR) is 120 cm³/mol. The van der Waals surface area contributed by atoms with Gasteiger partial charge in [0.05, 0.1) is 17.3 Å². The van der Waals surface area contributed by atoms with Crippen LogP contribution in [0.4, 0.5) is 5.69 Å². The third kappa shape index (κ3) is 7.04. The molecule has 2 aromatic carbocycles. The molecule has 8 heteroatoms. The van der Waals surface area contributed by atoms with Gasteiger partial charge in [0, 0.05) is 30.1 Å². The van der Waals surface area contributed by atoms with E-state index in [1.165, 1.54) is 11.0 Å². The molecule has 3 amide bonds. The van der Waals surface area contributed by atoms with Gasteiger partial charge in [0.1, 0.15) is 0 Å². The van der Waals surface area contributed by atoms with Crippen LogP contribution in [0.1, 0.15) is 35.7 Å². The summed E-state index contributed by atoms with van der Waals surface area (Å²) < 4.78 is 0. The van der Waals surface area contributed by atoms with Gasteiger partial charge in [-0.05, 0) is 43.2 Å². The molecule has 0 saturated heterocycles. The van der Waals surface area contributed by atoms with E-state index in [4.69, 9.17) is 23.2 Å². The van der Waals surface area contributed by atoms with Crippen molar-refractivity contribution in [2.45, 2.75) is 26.7 Å². The Kier molecular flexibility index (Phi) is 9.15. The Morgan fingerprint density at radius 3 is 2.47 bits per heavy atom. The van der Waals surface area contributed by atoms with E-state index in [1.807, 2.05) is 26.0 Å². The van der Waals surface area contributed by atoms with Crippen LogP contribution in [0.15, 0.2) is 42.5 Å². The van der Waals surface area contributed by atoms with Gasteiger partial charge in [0.15, 0.2) is 0 Å². The summed E-state index contributed by atoms with van der Waals surface area (Å²) in [7, 11) is 0. The fraction of sp³-hybridized carbons (Fsp3) is 0.318. The molecule has 0 radical (unpaired) electrons. The average molecular weight is 450 g/mol. The molecule has 6 nitrogen and oxygen atoms in total. The minimum Gasteiger partial charge on any atom is -0.352 e. The standard InChI is InChI=1S/C22H25Cl2N3O3/c1-3-12-27(14-20(28)26-19-9-8-16(23)13-18(19)24)21(29)10-11-25-22(30)17-7-5-4-6-15(17)2/h4-9,13H,3,10-12,14H2,1-2H3,(H,25,30)(H,26,28). The van der Waals surface area contributed by atoms with Crippen LogP contribution < -0.4 is 10.6 Å². The third-order valence-corrected chi connectivity index (χ3v) is 4.95. The zero-order chi connectivity index (χ0) is 22.1. The molecule has 0 aliphatic carbocycles. The molecule has 0 fully saturated rings. The number of hydrogen-bond donors (Lipinski definition) is 2. The topological polar surface area (TPSA) is 78.5 Å². The van der Waals surface area contributed by atoms with Crippen molar-refractivity contribution in [2.24, 2.45) is 0 Å². The summed E-state index contributed by atoms with van der Waals surface area (Å²) in [6.07, 6.45) is 0.808. The minimum atomic E-state index is -0.357. The highest BCUT2D eigenvalue weighted by molar-refractivity contribution is 6.36. The lowest BCUT2D eigenvalue weighted by Crippen LogP contribution is -2.40. The van der Waals surface area contributed by atoms with E-state index in [0.717, 1.165) is 5.56 Å². The van der Waals surface area contributed by atoms with Gasteiger partial charge >= 0.3 is 0 Å². The van der Waals surface area contributed by atoms with Crippen LogP contribution in [0.25, 0.3) is 0 Å². The maximum absolute atomic E-state index is 12.6. The van der Waals surface area contributed by atoms with E-state index in [-0.39, 0.29) is 37.2 Å². The molecule has 0 heterocycles. The molecule has 30 heavy (non-hydrogen) atoms. The van der Waals surface area contributed by atoms with E-state index < -0.39 is 0 Å². The second-order valence-electron chi connectivity index (χ2n) is 6.81. The van der Waals surface area contributed by atoms with Crippen LogP contribution >= 0.6 is 23.2 Å². The molecule has 0 saturated carbocycles. The number of carbonyl (C=O) groups excluding carboxylic acids is 3. The molecule has 0 aromatic heterocycles. The number of carbonyl (C=O) groups is 3. The summed E-state index contributed by atoms with van der Waals surface area (Å²) in [6, 6.07) is 12.0. The van der Waals surface area contributed by atoms with Crippen molar-refractivity contribution in [1.29, 1.82) is 0 Å². The number of halogens is 2. The van der Waals surface area contributed by atoms with E-state index in [9.17, 15) is 14.4 Å². The maximum Gasteiger partial charge on any atom is 0.251 e. The average Bonchev–Trinajstić information content (AvgIpc) is 2.70. The quantitative estimate of drug-likeness (QED) is 0.598. The summed E-state index contributed by atoms with van der Waals surface area (Å²) in [5.41, 5.74) is 1.88. The molecule has 0 bridgehead atoms. The van der Waals surface area contributed by atoms with E-state index in [2.05, 4.69) is 10.6 Å². The molecule has 2 N–H and O–H groups in total. The number of nitrogens with zero attached hydrogens (tertiary/aromatic N) is 1. The van der Waals surface area contributed by atoms with Gasteiger partial charge in [0.2, 0.25) is 11.8 Å². The van der Waals surface area contributed by atoms with Crippen LogP contribution in [-0.2, 0) is 9.59 Å². The Labute approximate surface area is 186 Å². The van der Waals surface area contributed by atoms with E-state index in [0.29, 0.717) is 34.3 Å². The molecule has 0 unspecified atom stereocenters. The maximum atomic E-state index is 12.6. The van der Waals surface area contributed by atoms with Crippen molar-refractivity contribution in [1.82, 2.24) is 10.2 Å². The first kappa shape index (κ1) is 23.7. The SMILES string of the molecule is CCCN(CC(=O)Nc1ccc(Cl)cc1Cl)C(=O)CCNC(=O)c1ccccc1C. The van der Waals surface area contributed by atoms with Gasteiger partial charge < -0.3 is 15.5 Å². The largest absolute Gasteiger partial charge is 0.352 e. The first-order valence-corrected chi connectivity index (χ1v) is 10.4. The Morgan fingerprint density at radius 1 is 1.07 bits per heavy atom. The number of benzene rings is 2. The third-order valence-electron chi connectivity index (χ3n) is 4.40. The molecule has 160 valence electrons. The van der Waals surface area contributed by atoms with Crippen molar-refractivity contribution in [2.75, 3.05) is 25.0 Å². The Balaban J connectivity index is 1.88. The smallest absolute Gasteiger partial charge is 0.251 e. The van der Waals surface area contributed by atoms with Crippen molar-refractivity contribution >= 4 is 46.6 Å². The Morgan fingerprint density at radius 2 is 1.80 bits per heavy atom. The Bertz CT molecular complexity index is 918. The van der Waals surface area contributed by atoms with Gasteiger partial charge in [0.25, 0.3) is 5.91 Å². The zero-order valence-corrected chi connectivity index (χ0v) is 18.5. The summed E-state index contributed by atoms with van der Waals surface area (Å²) in [5.74, 6) is -0.790. The number of nitrogens with one attached hydrogen (secondary N) is 2. The van der Waals surface area contributed by atoms with Gasteiger partial charge in [-0.1, -0.05) is 48.3 Å². The van der Waals surface area contributed by atoms with Gasteiger partial charge in [-0.25, -0.2) is 0 Å². The van der Waals surface area contributed by atoms with Crippen LogP contribution in [0.2, 0.25) is 10.0 Å². The lowest BCUT2D eigenvalue weighted by atomic mass is 10.1. The van der Waals surface area contributed by atoms with Crippen molar-refractivity contribution in [3.8, 4) is 0 Å². The lowest BCUT2D eigenvalue weighted by Gasteiger charge is -2.22. The van der Waals surface area contributed by atoms with E-state index in [1.54, 1.807) is 24.3 Å². The monoisotopic (exact) mass is 449 g/mol. The highest BCUT2D eigenvalue weighted by Gasteiger charge is 2.18. The highest BCUT2D eigenvalue weighted by atomic mass is 35.5. The molecule has 0 aliphatic heterocycles. The molecular formula is C22H25Cl2N3O3. The molecule has 0 aliphatic rings. The molecule has 2 rings (SSSR count). The Hall–Kier alpha value is -2.57. The van der Waals surface area contributed by atoms with Crippen molar-refractivity contribution in [3.63, 3.8) is 0 Å².